The third-order valence-electron chi connectivity index (χ3n) is 2.74. The fourth-order valence-electron chi connectivity index (χ4n) is 1.89. The monoisotopic (exact) mass is 210 g/mol. The molecule has 0 amide bonds. The highest BCUT2D eigenvalue weighted by molar-refractivity contribution is 5.96. The van der Waals surface area contributed by atoms with E-state index in [9.17, 15) is 0 Å². The molecule has 0 saturated heterocycles. The summed E-state index contributed by atoms with van der Waals surface area (Å²) in [6.07, 6.45) is 8.03. The Morgan fingerprint density at radius 3 is 2.56 bits per heavy atom. The van der Waals surface area contributed by atoms with Gasteiger partial charge in [-0.1, -0.05) is 30.3 Å². The van der Waals surface area contributed by atoms with Gasteiger partial charge in [0.15, 0.2) is 5.90 Å². The number of hydrogen-bond donors (Lipinski definition) is 0. The topological polar surface area (TPSA) is 21.6 Å². The quantitative estimate of drug-likeness (QED) is 0.735. The van der Waals surface area contributed by atoms with Gasteiger partial charge < -0.3 is 4.74 Å². The molecule has 1 fully saturated rings. The molecule has 0 aromatic heterocycles. The Hall–Kier alpha value is -1.31. The molecule has 0 spiro atoms. The van der Waals surface area contributed by atoms with E-state index in [2.05, 4.69) is 17.1 Å². The molecule has 1 heterocycles. The van der Waals surface area contributed by atoms with Gasteiger partial charge in [0.25, 0.3) is 0 Å². The minimum Gasteiger partial charge on any atom is -0.478 e. The lowest BCUT2D eigenvalue weighted by molar-refractivity contribution is 0.317. The van der Waals surface area contributed by atoms with Gasteiger partial charge in [0.2, 0.25) is 0 Å². The van der Waals surface area contributed by atoms with Crippen LogP contribution in [0.4, 0.5) is 0 Å². The molecule has 1 aromatic rings. The van der Waals surface area contributed by atoms with Crippen molar-refractivity contribution in [2.75, 3.05) is 6.61 Å². The zero-order chi connectivity index (χ0) is 10.8. The average molecular weight is 210 g/mol. The first-order valence-corrected chi connectivity index (χ1v) is 5.41. The van der Waals surface area contributed by atoms with Crippen molar-refractivity contribution >= 4 is 5.90 Å². The molecule has 0 unspecified atom stereocenters. The summed E-state index contributed by atoms with van der Waals surface area (Å²) in [5.41, 5.74) is 1.21. The van der Waals surface area contributed by atoms with E-state index < -0.39 is 0 Å². The summed E-state index contributed by atoms with van der Waals surface area (Å²) >= 11 is 0. The molecule has 3 rings (SSSR count). The van der Waals surface area contributed by atoms with Gasteiger partial charge >= 0.3 is 0 Å². The van der Waals surface area contributed by atoms with Gasteiger partial charge in [-0.05, 0) is 31.2 Å². The van der Waals surface area contributed by atoms with Crippen LogP contribution in [0.25, 0.3) is 0 Å². The van der Waals surface area contributed by atoms with Crippen molar-refractivity contribution in [3.05, 3.63) is 67.5 Å². The minimum atomic E-state index is 0.145. The van der Waals surface area contributed by atoms with Crippen LogP contribution in [0.15, 0.2) is 35.3 Å². The molecule has 79 valence electrons. The number of ether oxygens (including phenoxy) is 1. The normalized spacial score (nSPS) is 25.5. The van der Waals surface area contributed by atoms with Crippen molar-refractivity contribution in [1.82, 2.24) is 0 Å². The van der Waals surface area contributed by atoms with Crippen molar-refractivity contribution in [3.63, 3.8) is 0 Å². The molecule has 2 aliphatic rings. The van der Waals surface area contributed by atoms with Crippen LogP contribution in [0.1, 0.15) is 11.6 Å². The fourth-order valence-corrected chi connectivity index (χ4v) is 1.89. The molecular weight excluding hydrogens is 198 g/mol. The van der Waals surface area contributed by atoms with Gasteiger partial charge in [-0.15, -0.1) is 0 Å². The van der Waals surface area contributed by atoms with E-state index in [0.717, 1.165) is 11.8 Å². The van der Waals surface area contributed by atoms with Gasteiger partial charge in [0, 0.05) is 0 Å². The molecule has 16 heavy (non-hydrogen) atoms. The Bertz CT molecular complexity index is 379. The van der Waals surface area contributed by atoms with Gasteiger partial charge in [-0.25, -0.2) is 4.99 Å². The lowest BCUT2D eigenvalue weighted by Crippen LogP contribution is -2.09. The second-order valence-electron chi connectivity index (χ2n) is 3.85. The number of aliphatic imine (C=N–C) groups is 1. The van der Waals surface area contributed by atoms with E-state index in [-0.39, 0.29) is 6.04 Å². The Balaban J connectivity index is 1.75. The Kier molecular flexibility index (Phi) is 2.65. The molecule has 0 bridgehead atoms. The van der Waals surface area contributed by atoms with Gasteiger partial charge in [0.1, 0.15) is 12.6 Å². The van der Waals surface area contributed by atoms with Gasteiger partial charge in [-0.2, -0.15) is 0 Å². The Morgan fingerprint density at radius 2 is 1.81 bits per heavy atom. The summed E-state index contributed by atoms with van der Waals surface area (Å²) < 4.78 is 5.61. The first-order chi connectivity index (χ1) is 7.93. The summed E-state index contributed by atoms with van der Waals surface area (Å²) in [6.45, 7) is 0.643. The predicted molar refractivity (Wildman–Crippen MR) is 63.0 cm³/mol. The first-order valence-electron chi connectivity index (χ1n) is 5.41. The van der Waals surface area contributed by atoms with Crippen molar-refractivity contribution < 1.29 is 4.74 Å². The lowest BCUT2D eigenvalue weighted by Gasteiger charge is -2.05. The predicted octanol–water partition coefficient (Wildman–Crippen LogP) is 2.56. The van der Waals surface area contributed by atoms with Crippen LogP contribution in [0, 0.1) is 31.6 Å². The average Bonchev–Trinajstić information content (AvgIpc) is 3.01. The Labute approximate surface area is 96.3 Å². The molecule has 1 atom stereocenters. The number of nitrogens with zero attached hydrogens (tertiary/aromatic N) is 1. The zero-order valence-electron chi connectivity index (χ0n) is 8.84. The Morgan fingerprint density at radius 1 is 1.06 bits per heavy atom. The van der Waals surface area contributed by atoms with Crippen molar-refractivity contribution in [3.8, 4) is 0 Å². The van der Waals surface area contributed by atoms with Crippen LogP contribution in [0.5, 0.6) is 0 Å². The maximum atomic E-state index is 5.61. The van der Waals surface area contributed by atoms with Crippen LogP contribution < -0.4 is 0 Å². The molecular formula is C14H12NO. The summed E-state index contributed by atoms with van der Waals surface area (Å²) in [6, 6.07) is 10.4. The highest BCUT2D eigenvalue weighted by atomic mass is 16.5. The van der Waals surface area contributed by atoms with Crippen LogP contribution in [0.2, 0.25) is 0 Å². The van der Waals surface area contributed by atoms with Crippen LogP contribution in [-0.2, 0) is 4.74 Å². The minimum absolute atomic E-state index is 0.145. The van der Waals surface area contributed by atoms with Crippen LogP contribution >= 0.6 is 0 Å². The summed E-state index contributed by atoms with van der Waals surface area (Å²) in [7, 11) is 0. The number of benzene rings is 1. The highest BCUT2D eigenvalue weighted by Crippen LogP contribution is 2.31. The number of rotatable bonds is 2. The van der Waals surface area contributed by atoms with Crippen LogP contribution in [0.3, 0.4) is 0 Å². The smallest absolute Gasteiger partial charge is 0.192 e. The van der Waals surface area contributed by atoms with E-state index in [0.29, 0.717) is 6.61 Å². The second-order valence-corrected chi connectivity index (χ2v) is 3.85. The van der Waals surface area contributed by atoms with Crippen molar-refractivity contribution in [2.45, 2.75) is 6.04 Å². The van der Waals surface area contributed by atoms with E-state index in [4.69, 9.17) is 4.74 Å². The SMILES string of the molecule is [CH]1[CH][CH][C](C2=N[C@@H](c3ccccc3)CO2)[CH]1. The molecule has 5 radical (unpaired) electrons. The third-order valence-corrected chi connectivity index (χ3v) is 2.74. The maximum absolute atomic E-state index is 5.61. The molecule has 2 nitrogen and oxygen atoms in total. The molecule has 2 heteroatoms. The fraction of sp³-hybridized carbons (Fsp3) is 0.143. The summed E-state index contributed by atoms with van der Waals surface area (Å²) in [5, 5.41) is 0. The van der Waals surface area contributed by atoms with E-state index in [1.165, 1.54) is 5.56 Å². The van der Waals surface area contributed by atoms with Gasteiger partial charge in [-0.3, -0.25) is 0 Å². The van der Waals surface area contributed by atoms with E-state index in [1.54, 1.807) is 0 Å². The van der Waals surface area contributed by atoms with Crippen molar-refractivity contribution in [2.24, 2.45) is 4.99 Å². The molecule has 1 saturated carbocycles. The molecule has 1 aliphatic heterocycles. The second kappa shape index (κ2) is 4.28. The third kappa shape index (κ3) is 1.84. The lowest BCUT2D eigenvalue weighted by atomic mass is 10.1. The molecule has 0 N–H and O–H groups in total. The summed E-state index contributed by atoms with van der Waals surface area (Å²) in [4.78, 5) is 4.60. The maximum Gasteiger partial charge on any atom is 0.192 e. The molecule has 1 aliphatic carbocycles. The number of hydrogen-bond acceptors (Lipinski definition) is 2. The van der Waals surface area contributed by atoms with Crippen molar-refractivity contribution in [1.29, 1.82) is 0 Å². The summed E-state index contributed by atoms with van der Waals surface area (Å²) in [5.74, 6) is 1.83. The molecule has 1 aromatic carbocycles. The first kappa shape index (κ1) is 9.88. The van der Waals surface area contributed by atoms with E-state index >= 15 is 0 Å². The standard InChI is InChI=1S/C14H12NO/c1-2-6-11(7-3-1)13-10-16-14(15-13)12-8-4-5-9-12/h1-9,13H,10H2/t13-/m1/s1. The zero-order valence-corrected chi connectivity index (χ0v) is 8.84. The van der Waals surface area contributed by atoms with Gasteiger partial charge in [0.05, 0.1) is 5.92 Å². The van der Waals surface area contributed by atoms with Crippen LogP contribution in [-0.4, -0.2) is 12.5 Å². The highest BCUT2D eigenvalue weighted by Gasteiger charge is 2.29. The van der Waals surface area contributed by atoms with E-state index in [1.807, 2.05) is 43.9 Å². The largest absolute Gasteiger partial charge is 0.478 e.